The number of carbonyl (C=O) groups is 1. The zero-order valence-corrected chi connectivity index (χ0v) is 15.4. The Morgan fingerprint density at radius 3 is 2.92 bits per heavy atom. The molecule has 0 amide bonds. The molecule has 1 saturated carbocycles. The zero-order chi connectivity index (χ0) is 17.8. The van der Waals surface area contributed by atoms with E-state index in [2.05, 4.69) is 15.6 Å². The topological polar surface area (TPSA) is 61.9 Å². The quantitative estimate of drug-likeness (QED) is 0.503. The summed E-state index contributed by atoms with van der Waals surface area (Å²) in [6.07, 6.45) is 3.39. The second kappa shape index (κ2) is 5.67. The highest BCUT2D eigenvalue weighted by Gasteiger charge is 2.26. The second-order valence-electron chi connectivity index (χ2n) is 6.83. The molecule has 0 radical (unpaired) electrons. The maximum absolute atomic E-state index is 11.2. The van der Waals surface area contributed by atoms with Crippen LogP contribution >= 0.6 is 11.3 Å². The Bertz CT molecular complexity index is 1150. The lowest BCUT2D eigenvalue weighted by Crippen LogP contribution is -2.05. The molecule has 0 saturated heterocycles. The van der Waals surface area contributed by atoms with Gasteiger partial charge in [0.1, 0.15) is 17.6 Å². The third-order valence-electron chi connectivity index (χ3n) is 5.07. The second-order valence-corrected chi connectivity index (χ2v) is 7.71. The van der Waals surface area contributed by atoms with E-state index in [0.717, 1.165) is 46.9 Å². The summed E-state index contributed by atoms with van der Waals surface area (Å²) in [6, 6.07) is 5.73. The first kappa shape index (κ1) is 15.6. The van der Waals surface area contributed by atoms with E-state index in [1.54, 1.807) is 24.5 Å². The SMILES string of the molecule is COc1cc(C=O)cc2nc(-c3cc4scnc4n3CC3CC3)n(C)c12. The van der Waals surface area contributed by atoms with Crippen molar-refractivity contribution in [1.82, 2.24) is 19.1 Å². The average Bonchev–Trinajstić information content (AvgIpc) is 3.10. The molecule has 3 aromatic heterocycles. The molecule has 1 aliphatic rings. The predicted molar refractivity (Wildman–Crippen MR) is 102 cm³/mol. The molecule has 6 nitrogen and oxygen atoms in total. The number of hydrogen-bond donors (Lipinski definition) is 0. The molecule has 1 fully saturated rings. The van der Waals surface area contributed by atoms with Crippen LogP contribution in [0.5, 0.6) is 5.75 Å². The van der Waals surface area contributed by atoms with Crippen LogP contribution in [0.25, 0.3) is 32.9 Å². The molecular weight excluding hydrogens is 348 g/mol. The zero-order valence-electron chi connectivity index (χ0n) is 14.6. The number of aromatic nitrogens is 4. The third kappa shape index (κ3) is 2.27. The number of fused-ring (bicyclic) bond motifs is 2. The van der Waals surface area contributed by atoms with Crippen LogP contribution in [-0.4, -0.2) is 32.5 Å². The van der Waals surface area contributed by atoms with E-state index in [1.807, 2.05) is 23.2 Å². The van der Waals surface area contributed by atoms with E-state index in [0.29, 0.717) is 11.3 Å². The Kier molecular flexibility index (Phi) is 3.40. The number of methoxy groups -OCH3 is 1. The summed E-state index contributed by atoms with van der Waals surface area (Å²) in [5.41, 5.74) is 6.22. The van der Waals surface area contributed by atoms with Gasteiger partial charge in [-0.2, -0.15) is 0 Å². The summed E-state index contributed by atoms with van der Waals surface area (Å²) in [4.78, 5) is 20.7. The lowest BCUT2D eigenvalue weighted by atomic mass is 10.2. The van der Waals surface area contributed by atoms with Crippen LogP contribution in [0, 0.1) is 5.92 Å². The van der Waals surface area contributed by atoms with Crippen LogP contribution in [-0.2, 0) is 13.6 Å². The Morgan fingerprint density at radius 2 is 2.19 bits per heavy atom. The van der Waals surface area contributed by atoms with Gasteiger partial charge in [-0.25, -0.2) is 9.97 Å². The van der Waals surface area contributed by atoms with Crippen LogP contribution in [0.2, 0.25) is 0 Å². The monoisotopic (exact) mass is 366 g/mol. The molecule has 1 aliphatic carbocycles. The maximum atomic E-state index is 11.2. The Balaban J connectivity index is 1.76. The van der Waals surface area contributed by atoms with Gasteiger partial charge in [-0.05, 0) is 37.0 Å². The molecule has 7 heteroatoms. The molecule has 1 aromatic carbocycles. The van der Waals surface area contributed by atoms with Crippen LogP contribution in [0.4, 0.5) is 0 Å². The summed E-state index contributed by atoms with van der Waals surface area (Å²) in [5.74, 6) is 2.26. The number of ether oxygens (including phenoxy) is 1. The summed E-state index contributed by atoms with van der Waals surface area (Å²) >= 11 is 1.65. The normalized spacial score (nSPS) is 14.4. The van der Waals surface area contributed by atoms with Gasteiger partial charge in [0.05, 0.1) is 28.5 Å². The fourth-order valence-electron chi connectivity index (χ4n) is 3.58. The standard InChI is InChI=1S/C19H18N4O2S/c1-22-17-13(5-12(9-24)6-15(17)25-2)21-18(22)14-7-16-19(20-10-26-16)23(14)8-11-3-4-11/h5-7,9-11H,3-4,8H2,1-2H3. The van der Waals surface area contributed by atoms with Gasteiger partial charge in [-0.1, -0.05) is 0 Å². The summed E-state index contributed by atoms with van der Waals surface area (Å²) < 4.78 is 11.0. The minimum atomic E-state index is 0.565. The fraction of sp³-hybridized carbons (Fsp3) is 0.316. The smallest absolute Gasteiger partial charge is 0.157 e. The Hall–Kier alpha value is -2.67. The molecule has 0 bridgehead atoms. The molecule has 3 heterocycles. The van der Waals surface area contributed by atoms with Gasteiger partial charge < -0.3 is 13.9 Å². The third-order valence-corrected chi connectivity index (χ3v) is 5.83. The van der Waals surface area contributed by atoms with Crippen LogP contribution in [0.15, 0.2) is 23.7 Å². The van der Waals surface area contributed by atoms with Crippen molar-refractivity contribution in [3.63, 3.8) is 0 Å². The number of hydrogen-bond acceptors (Lipinski definition) is 5. The molecule has 5 rings (SSSR count). The van der Waals surface area contributed by atoms with Crippen LogP contribution in [0.3, 0.4) is 0 Å². The molecule has 0 aliphatic heterocycles. The van der Waals surface area contributed by atoms with Gasteiger partial charge in [0.2, 0.25) is 0 Å². The lowest BCUT2D eigenvalue weighted by molar-refractivity contribution is 0.112. The van der Waals surface area contributed by atoms with E-state index in [1.165, 1.54) is 17.5 Å². The number of imidazole rings is 1. The highest BCUT2D eigenvalue weighted by Crippen LogP contribution is 2.38. The number of nitrogens with zero attached hydrogens (tertiary/aromatic N) is 4. The van der Waals surface area contributed by atoms with Gasteiger partial charge in [0, 0.05) is 19.2 Å². The van der Waals surface area contributed by atoms with Crippen LogP contribution in [0.1, 0.15) is 23.2 Å². The molecule has 132 valence electrons. The molecule has 0 atom stereocenters. The first-order valence-electron chi connectivity index (χ1n) is 8.62. The van der Waals surface area contributed by atoms with Crippen molar-refractivity contribution in [3.8, 4) is 17.3 Å². The predicted octanol–water partition coefficient (Wildman–Crippen LogP) is 3.88. The van der Waals surface area contributed by atoms with Crippen molar-refractivity contribution in [2.24, 2.45) is 13.0 Å². The van der Waals surface area contributed by atoms with Crippen molar-refractivity contribution >= 4 is 39.0 Å². The van der Waals surface area contributed by atoms with Crippen molar-refractivity contribution in [2.75, 3.05) is 7.11 Å². The summed E-state index contributed by atoms with van der Waals surface area (Å²) in [7, 11) is 3.61. The van der Waals surface area contributed by atoms with Gasteiger partial charge >= 0.3 is 0 Å². The number of thiazole rings is 1. The molecule has 0 spiro atoms. The van der Waals surface area contributed by atoms with Gasteiger partial charge in [-0.3, -0.25) is 4.79 Å². The van der Waals surface area contributed by atoms with E-state index in [-0.39, 0.29) is 0 Å². The van der Waals surface area contributed by atoms with Crippen LogP contribution < -0.4 is 4.74 Å². The molecule has 0 unspecified atom stereocenters. The number of aldehydes is 1. The van der Waals surface area contributed by atoms with Crippen molar-refractivity contribution in [3.05, 3.63) is 29.3 Å². The van der Waals surface area contributed by atoms with E-state index >= 15 is 0 Å². The van der Waals surface area contributed by atoms with E-state index in [4.69, 9.17) is 9.72 Å². The first-order chi connectivity index (χ1) is 12.7. The van der Waals surface area contributed by atoms with Crippen molar-refractivity contribution in [1.29, 1.82) is 0 Å². The summed E-state index contributed by atoms with van der Waals surface area (Å²) in [6.45, 7) is 0.975. The van der Waals surface area contributed by atoms with Crippen molar-refractivity contribution in [2.45, 2.75) is 19.4 Å². The minimum Gasteiger partial charge on any atom is -0.494 e. The Morgan fingerprint density at radius 1 is 1.35 bits per heavy atom. The molecule has 4 aromatic rings. The van der Waals surface area contributed by atoms with E-state index in [9.17, 15) is 4.79 Å². The molecule has 26 heavy (non-hydrogen) atoms. The largest absolute Gasteiger partial charge is 0.494 e. The Labute approximate surface area is 154 Å². The number of rotatable bonds is 5. The van der Waals surface area contributed by atoms with Gasteiger partial charge in [0.15, 0.2) is 11.5 Å². The number of benzene rings is 1. The van der Waals surface area contributed by atoms with Crippen molar-refractivity contribution < 1.29 is 9.53 Å². The minimum absolute atomic E-state index is 0.565. The maximum Gasteiger partial charge on any atom is 0.157 e. The molecular formula is C19H18N4O2S. The highest BCUT2D eigenvalue weighted by molar-refractivity contribution is 7.16. The average molecular weight is 366 g/mol. The highest BCUT2D eigenvalue weighted by atomic mass is 32.1. The first-order valence-corrected chi connectivity index (χ1v) is 9.50. The molecule has 0 N–H and O–H groups in total. The summed E-state index contributed by atoms with van der Waals surface area (Å²) in [5, 5.41) is 0. The van der Waals surface area contributed by atoms with Gasteiger partial charge in [-0.15, -0.1) is 11.3 Å². The number of carbonyl (C=O) groups excluding carboxylic acids is 1. The van der Waals surface area contributed by atoms with Gasteiger partial charge in [0.25, 0.3) is 0 Å². The van der Waals surface area contributed by atoms with E-state index < -0.39 is 0 Å². The number of aryl methyl sites for hydroxylation is 1. The fourth-order valence-corrected chi connectivity index (χ4v) is 4.29. The lowest BCUT2D eigenvalue weighted by Gasteiger charge is -2.10.